The summed E-state index contributed by atoms with van der Waals surface area (Å²) in [5, 5.41) is 3.39. The summed E-state index contributed by atoms with van der Waals surface area (Å²) >= 11 is 0. The molecule has 94 valence electrons. The van der Waals surface area contributed by atoms with E-state index in [0.29, 0.717) is 24.4 Å². The summed E-state index contributed by atoms with van der Waals surface area (Å²) in [5.74, 6) is 0.363. The Morgan fingerprint density at radius 1 is 1.31 bits per heavy atom. The quantitative estimate of drug-likeness (QED) is 0.808. The van der Waals surface area contributed by atoms with Crippen LogP contribution in [0.5, 0.6) is 0 Å². The second-order valence-electron chi connectivity index (χ2n) is 4.93. The number of amides is 1. The molecule has 2 rings (SSSR count). The molecule has 0 bridgehead atoms. The highest BCUT2D eigenvalue weighted by Crippen LogP contribution is 2.19. The van der Waals surface area contributed by atoms with Crippen molar-refractivity contribution in [2.45, 2.75) is 57.5 Å². The van der Waals surface area contributed by atoms with E-state index >= 15 is 0 Å². The van der Waals surface area contributed by atoms with E-state index in [1.807, 2.05) is 0 Å². The zero-order valence-corrected chi connectivity index (χ0v) is 10.9. The molecule has 3 nitrogen and oxygen atoms in total. The summed E-state index contributed by atoms with van der Waals surface area (Å²) < 4.78 is 0. The van der Waals surface area contributed by atoms with Crippen molar-refractivity contribution in [3.63, 3.8) is 0 Å². The second-order valence-corrected chi connectivity index (χ2v) is 4.93. The maximum Gasteiger partial charge on any atom is 0.224 e. The summed E-state index contributed by atoms with van der Waals surface area (Å²) in [6.45, 7) is 4.25. The molecule has 0 radical (unpaired) electrons. The molecule has 0 aromatic rings. The van der Waals surface area contributed by atoms with Gasteiger partial charge in [0, 0.05) is 25.0 Å². The minimum absolute atomic E-state index is 0. The summed E-state index contributed by atoms with van der Waals surface area (Å²) in [6.07, 6.45) is 6.77. The summed E-state index contributed by atoms with van der Waals surface area (Å²) in [6, 6.07) is 0.916. The minimum atomic E-state index is 0. The third-order valence-electron chi connectivity index (χ3n) is 3.71. The maximum atomic E-state index is 12.1. The maximum absolute atomic E-state index is 12.1. The first-order chi connectivity index (χ1) is 7.27. The summed E-state index contributed by atoms with van der Waals surface area (Å²) in [4.78, 5) is 14.1. The topological polar surface area (TPSA) is 32.3 Å². The number of nitrogens with zero attached hydrogens (tertiary/aromatic N) is 1. The molecule has 2 heterocycles. The molecule has 0 aromatic heterocycles. The lowest BCUT2D eigenvalue weighted by atomic mass is 10.0. The molecule has 16 heavy (non-hydrogen) atoms. The third-order valence-corrected chi connectivity index (χ3v) is 3.71. The Morgan fingerprint density at radius 3 is 2.75 bits per heavy atom. The molecule has 2 saturated heterocycles. The van der Waals surface area contributed by atoms with E-state index in [9.17, 15) is 4.79 Å². The second kappa shape index (κ2) is 6.45. The average Bonchev–Trinajstić information content (AvgIpc) is 2.71. The molecule has 4 heteroatoms. The summed E-state index contributed by atoms with van der Waals surface area (Å²) in [7, 11) is 0. The van der Waals surface area contributed by atoms with Gasteiger partial charge >= 0.3 is 0 Å². The lowest BCUT2D eigenvalue weighted by Gasteiger charge is -2.34. The van der Waals surface area contributed by atoms with Gasteiger partial charge in [0.1, 0.15) is 0 Å². The number of hydrogen-bond acceptors (Lipinski definition) is 2. The first-order valence-corrected chi connectivity index (χ1v) is 6.30. The Bertz CT molecular complexity index is 229. The van der Waals surface area contributed by atoms with E-state index in [1.54, 1.807) is 0 Å². The van der Waals surface area contributed by atoms with Crippen LogP contribution in [0.4, 0.5) is 0 Å². The molecule has 0 aromatic carbocycles. The van der Waals surface area contributed by atoms with Crippen molar-refractivity contribution in [3.8, 4) is 0 Å². The van der Waals surface area contributed by atoms with Crippen LogP contribution in [-0.4, -0.2) is 36.0 Å². The van der Waals surface area contributed by atoms with Gasteiger partial charge < -0.3 is 10.2 Å². The molecule has 0 saturated carbocycles. The molecule has 2 fully saturated rings. The van der Waals surface area contributed by atoms with Crippen molar-refractivity contribution in [1.82, 2.24) is 10.2 Å². The van der Waals surface area contributed by atoms with Gasteiger partial charge in [-0.3, -0.25) is 4.79 Å². The van der Waals surface area contributed by atoms with Gasteiger partial charge in [-0.2, -0.15) is 0 Å². The number of piperidine rings is 1. The van der Waals surface area contributed by atoms with E-state index in [2.05, 4.69) is 17.1 Å². The first kappa shape index (κ1) is 13.8. The molecule has 1 N–H and O–H groups in total. The highest BCUT2D eigenvalue weighted by atomic mass is 35.5. The standard InChI is InChI=1S/C12H22N2O.ClH/c1-10-5-2-3-8-14(10)12(15)9-11-6-4-7-13-11;/h10-11,13H,2-9H2,1H3;1H. The zero-order valence-electron chi connectivity index (χ0n) is 10.1. The number of nitrogens with one attached hydrogen (secondary N) is 1. The minimum Gasteiger partial charge on any atom is -0.340 e. The molecule has 0 spiro atoms. The van der Waals surface area contributed by atoms with E-state index in [0.717, 1.165) is 13.1 Å². The Kier molecular flexibility index (Phi) is 5.56. The van der Waals surface area contributed by atoms with E-state index in [4.69, 9.17) is 0 Å². The van der Waals surface area contributed by atoms with Crippen LogP contribution in [0.2, 0.25) is 0 Å². The van der Waals surface area contributed by atoms with Gasteiger partial charge in [0.05, 0.1) is 0 Å². The Hall–Kier alpha value is -0.280. The SMILES string of the molecule is CC1CCCCN1C(=O)CC1CCCN1.Cl. The van der Waals surface area contributed by atoms with Crippen molar-refractivity contribution >= 4 is 18.3 Å². The van der Waals surface area contributed by atoms with Crippen LogP contribution < -0.4 is 5.32 Å². The summed E-state index contributed by atoms with van der Waals surface area (Å²) in [5.41, 5.74) is 0. The van der Waals surface area contributed by atoms with Gasteiger partial charge in [-0.25, -0.2) is 0 Å². The van der Waals surface area contributed by atoms with Crippen molar-refractivity contribution in [2.24, 2.45) is 0 Å². The first-order valence-electron chi connectivity index (χ1n) is 6.30. The van der Waals surface area contributed by atoms with Crippen LogP contribution in [0.3, 0.4) is 0 Å². The highest BCUT2D eigenvalue weighted by Gasteiger charge is 2.26. The van der Waals surface area contributed by atoms with E-state index in [-0.39, 0.29) is 12.4 Å². The molecule has 2 aliphatic rings. The van der Waals surface area contributed by atoms with Crippen molar-refractivity contribution in [2.75, 3.05) is 13.1 Å². The van der Waals surface area contributed by atoms with Gasteiger partial charge in [0.15, 0.2) is 0 Å². The highest BCUT2D eigenvalue weighted by molar-refractivity contribution is 5.85. The fraction of sp³-hybridized carbons (Fsp3) is 0.917. The van der Waals surface area contributed by atoms with Gasteiger partial charge in [0.2, 0.25) is 5.91 Å². The van der Waals surface area contributed by atoms with Gasteiger partial charge in [-0.1, -0.05) is 0 Å². The third kappa shape index (κ3) is 3.36. The molecular formula is C12H23ClN2O. The fourth-order valence-electron chi connectivity index (χ4n) is 2.73. The normalized spacial score (nSPS) is 29.9. The molecular weight excluding hydrogens is 224 g/mol. The number of carbonyl (C=O) groups excluding carboxylic acids is 1. The average molecular weight is 247 g/mol. The predicted octanol–water partition coefficient (Wildman–Crippen LogP) is 1.95. The lowest BCUT2D eigenvalue weighted by Crippen LogP contribution is -2.44. The van der Waals surface area contributed by atoms with Crippen molar-refractivity contribution < 1.29 is 4.79 Å². The van der Waals surface area contributed by atoms with E-state index < -0.39 is 0 Å². The zero-order chi connectivity index (χ0) is 10.7. The molecule has 2 unspecified atom stereocenters. The Balaban J connectivity index is 0.00000128. The molecule has 1 amide bonds. The van der Waals surface area contributed by atoms with Crippen LogP contribution in [0, 0.1) is 0 Å². The van der Waals surface area contributed by atoms with Gasteiger partial charge in [-0.05, 0) is 45.6 Å². The van der Waals surface area contributed by atoms with Gasteiger partial charge in [-0.15, -0.1) is 12.4 Å². The van der Waals surface area contributed by atoms with Gasteiger partial charge in [0.25, 0.3) is 0 Å². The Labute approximate surface area is 104 Å². The van der Waals surface area contributed by atoms with Crippen molar-refractivity contribution in [3.05, 3.63) is 0 Å². The molecule has 0 aliphatic carbocycles. The lowest BCUT2D eigenvalue weighted by molar-refractivity contribution is -0.134. The smallest absolute Gasteiger partial charge is 0.224 e. The van der Waals surface area contributed by atoms with Crippen LogP contribution in [-0.2, 0) is 4.79 Å². The van der Waals surface area contributed by atoms with Crippen LogP contribution >= 0.6 is 12.4 Å². The molecule has 2 aliphatic heterocycles. The fourth-order valence-corrected chi connectivity index (χ4v) is 2.73. The van der Waals surface area contributed by atoms with Crippen LogP contribution in [0.25, 0.3) is 0 Å². The molecule has 2 atom stereocenters. The predicted molar refractivity (Wildman–Crippen MR) is 67.9 cm³/mol. The Morgan fingerprint density at radius 2 is 2.12 bits per heavy atom. The number of hydrogen-bond donors (Lipinski definition) is 1. The van der Waals surface area contributed by atoms with E-state index in [1.165, 1.54) is 32.1 Å². The monoisotopic (exact) mass is 246 g/mol. The van der Waals surface area contributed by atoms with Crippen LogP contribution in [0.15, 0.2) is 0 Å². The van der Waals surface area contributed by atoms with Crippen molar-refractivity contribution in [1.29, 1.82) is 0 Å². The number of likely N-dealkylation sites (tertiary alicyclic amines) is 1. The van der Waals surface area contributed by atoms with Crippen LogP contribution in [0.1, 0.15) is 45.4 Å². The largest absolute Gasteiger partial charge is 0.340 e. The number of carbonyl (C=O) groups is 1. The number of rotatable bonds is 2. The number of halogens is 1.